The zero-order valence-corrected chi connectivity index (χ0v) is 14.3. The fourth-order valence-corrected chi connectivity index (χ4v) is 2.51. The predicted molar refractivity (Wildman–Crippen MR) is 85.8 cm³/mol. The number of halogens is 1. The number of para-hydroxylation sites is 1. The molecular weight excluding hydrogens is 346 g/mol. The van der Waals surface area contributed by atoms with Gasteiger partial charge >= 0.3 is 119 Å². The topological polar surface area (TPSA) is 18.5 Å². The minimum absolute atomic E-state index is 0.0761. The van der Waals surface area contributed by atoms with Gasteiger partial charge in [-0.05, 0) is 0 Å². The zero-order chi connectivity index (χ0) is 13.1. The van der Waals surface area contributed by atoms with E-state index in [9.17, 15) is 0 Å². The molecule has 0 aliphatic rings. The summed E-state index contributed by atoms with van der Waals surface area (Å²) in [4.78, 5) is 0. The van der Waals surface area contributed by atoms with E-state index in [-0.39, 0.29) is 6.10 Å². The third-order valence-electron chi connectivity index (χ3n) is 1.99. The molecule has 98 valence electrons. The Morgan fingerprint density at radius 3 is 2.29 bits per heavy atom. The molecule has 2 nitrogen and oxygen atoms in total. The number of benzene rings is 1. The van der Waals surface area contributed by atoms with Crippen molar-refractivity contribution >= 4 is 29.4 Å². The van der Waals surface area contributed by atoms with Gasteiger partial charge in [-0.25, -0.2) is 0 Å². The number of rotatable bonds is 5. The molecule has 0 heterocycles. The van der Waals surface area contributed by atoms with E-state index in [0.29, 0.717) is 6.61 Å². The van der Waals surface area contributed by atoms with Crippen molar-refractivity contribution in [1.82, 2.24) is 0 Å². The second-order valence-electron chi connectivity index (χ2n) is 6.07. The van der Waals surface area contributed by atoms with Crippen molar-refractivity contribution in [2.24, 2.45) is 0 Å². The van der Waals surface area contributed by atoms with Crippen LogP contribution < -0.4 is 4.74 Å². The van der Waals surface area contributed by atoms with Gasteiger partial charge in [-0.2, -0.15) is 0 Å². The molecule has 0 N–H and O–H groups in total. The van der Waals surface area contributed by atoms with Gasteiger partial charge in [-0.1, -0.05) is 0 Å². The monoisotopic (exact) mass is 368 g/mol. The summed E-state index contributed by atoms with van der Waals surface area (Å²) in [5.74, 6) is 0.934. The van der Waals surface area contributed by atoms with E-state index in [1.807, 2.05) is 31.2 Å². The molecule has 0 aliphatic heterocycles. The molecule has 0 amide bonds. The normalized spacial score (nSPS) is 16.0. The van der Waals surface area contributed by atoms with Crippen molar-refractivity contribution in [3.8, 4) is 5.75 Å². The van der Waals surface area contributed by atoms with Gasteiger partial charge in [-0.3, -0.25) is 0 Å². The molecule has 0 bridgehead atoms. The fraction of sp³-hybridized carbons (Fsp3) is 0.538. The van der Waals surface area contributed by atoms with Crippen molar-refractivity contribution in [1.29, 1.82) is 0 Å². The molecule has 0 saturated heterocycles. The van der Waals surface area contributed by atoms with Crippen LogP contribution in [-0.4, -0.2) is 39.4 Å². The summed E-state index contributed by atoms with van der Waals surface area (Å²) in [7, 11) is 0. The third-order valence-corrected chi connectivity index (χ3v) is 4.06. The number of ether oxygens (including phenoxy) is 1. The Bertz CT molecular complexity index is 375. The first kappa shape index (κ1) is 15.2. The molecule has 0 fully saturated rings. The summed E-state index contributed by atoms with van der Waals surface area (Å²) >= 11 is 2.28. The second-order valence-corrected chi connectivity index (χ2v) is 14.3. The molecule has 1 aromatic rings. The van der Waals surface area contributed by atoms with Gasteiger partial charge < -0.3 is 0 Å². The summed E-state index contributed by atoms with van der Waals surface area (Å²) in [5, 5.41) is 0. The Balaban J connectivity index is 2.51. The molecule has 0 aliphatic carbocycles. The molecular formula is C13H22IO2P. The molecule has 17 heavy (non-hydrogen) atoms. The van der Waals surface area contributed by atoms with Crippen molar-refractivity contribution < 1.29 is 9.26 Å². The van der Waals surface area contributed by atoms with Crippen molar-refractivity contribution in [2.75, 3.05) is 33.3 Å². The quantitative estimate of drug-likeness (QED) is 0.577. The van der Waals surface area contributed by atoms with Crippen LogP contribution in [0, 0.1) is 3.57 Å². The Labute approximate surface area is 118 Å². The summed E-state index contributed by atoms with van der Waals surface area (Å²) in [6.07, 6.45) is 0.0761. The first-order valence-corrected chi connectivity index (χ1v) is 10.7. The molecule has 1 aromatic carbocycles. The van der Waals surface area contributed by atoms with Gasteiger partial charge in [0.15, 0.2) is 0 Å². The van der Waals surface area contributed by atoms with Crippen LogP contribution in [0.5, 0.6) is 5.75 Å². The van der Waals surface area contributed by atoms with Gasteiger partial charge in [0.05, 0.1) is 0 Å². The van der Waals surface area contributed by atoms with Gasteiger partial charge in [0.2, 0.25) is 0 Å². The van der Waals surface area contributed by atoms with Crippen LogP contribution in [0.4, 0.5) is 0 Å². The maximum atomic E-state index is 5.99. The molecule has 0 spiro atoms. The van der Waals surface area contributed by atoms with Gasteiger partial charge in [0.25, 0.3) is 0 Å². The molecule has 1 atom stereocenters. The average molecular weight is 368 g/mol. The average Bonchev–Trinajstić information content (AvgIpc) is 2.17. The van der Waals surface area contributed by atoms with E-state index < -0.39 is 6.83 Å². The Morgan fingerprint density at radius 1 is 1.18 bits per heavy atom. The zero-order valence-electron chi connectivity index (χ0n) is 11.2. The van der Waals surface area contributed by atoms with Crippen LogP contribution in [0.3, 0.4) is 0 Å². The standard InChI is InChI=1S/C13H22IO2P/c1-11(10-15-17(2,3,4)5)16-13-9-7-6-8-12(13)14/h6-9,11H,10H2,1-5H3/t11-/m1/s1. The van der Waals surface area contributed by atoms with Crippen LogP contribution in [-0.2, 0) is 4.52 Å². The first-order chi connectivity index (χ1) is 7.63. The summed E-state index contributed by atoms with van der Waals surface area (Å²) in [6.45, 7) is 9.59. The van der Waals surface area contributed by atoms with Crippen LogP contribution in [0.2, 0.25) is 0 Å². The van der Waals surface area contributed by atoms with E-state index in [4.69, 9.17) is 9.26 Å². The number of hydrogen-bond donors (Lipinski definition) is 0. The maximum absolute atomic E-state index is 5.99. The Hall–Kier alpha value is 0.140. The molecule has 0 saturated carbocycles. The molecule has 0 radical (unpaired) electrons. The predicted octanol–water partition coefficient (Wildman–Crippen LogP) is 4.06. The van der Waals surface area contributed by atoms with E-state index in [1.54, 1.807) is 0 Å². The summed E-state index contributed by atoms with van der Waals surface area (Å²) < 4.78 is 13.0. The van der Waals surface area contributed by atoms with Crippen molar-refractivity contribution in [3.63, 3.8) is 0 Å². The third kappa shape index (κ3) is 6.58. The van der Waals surface area contributed by atoms with E-state index >= 15 is 0 Å². The number of hydrogen-bond acceptors (Lipinski definition) is 2. The van der Waals surface area contributed by atoms with Crippen molar-refractivity contribution in [2.45, 2.75) is 13.0 Å². The molecule has 4 heteroatoms. The van der Waals surface area contributed by atoms with Crippen LogP contribution in [0.1, 0.15) is 6.92 Å². The Morgan fingerprint density at radius 2 is 1.76 bits per heavy atom. The molecule has 0 aromatic heterocycles. The van der Waals surface area contributed by atoms with Crippen LogP contribution >= 0.6 is 29.4 Å². The summed E-state index contributed by atoms with van der Waals surface area (Å²) in [5.41, 5.74) is 0. The van der Waals surface area contributed by atoms with Gasteiger partial charge in [-0.15, -0.1) is 0 Å². The van der Waals surface area contributed by atoms with Crippen molar-refractivity contribution in [3.05, 3.63) is 27.8 Å². The fourth-order valence-electron chi connectivity index (χ4n) is 1.19. The van der Waals surface area contributed by atoms with Gasteiger partial charge in [0, 0.05) is 0 Å². The Kier molecular flexibility index (Phi) is 4.84. The minimum atomic E-state index is -1.89. The first-order valence-electron chi connectivity index (χ1n) is 5.70. The molecule has 0 unspecified atom stereocenters. The molecule has 1 rings (SSSR count). The second kappa shape index (κ2) is 5.41. The van der Waals surface area contributed by atoms with E-state index in [0.717, 1.165) is 9.32 Å². The van der Waals surface area contributed by atoms with E-state index in [1.165, 1.54) is 0 Å². The van der Waals surface area contributed by atoms with Gasteiger partial charge in [0.1, 0.15) is 0 Å². The summed E-state index contributed by atoms with van der Waals surface area (Å²) in [6, 6.07) is 8.04. The SMILES string of the molecule is C[C@H](COP(C)(C)(C)C)Oc1ccccc1I. The van der Waals surface area contributed by atoms with Crippen LogP contribution in [0.15, 0.2) is 24.3 Å². The van der Waals surface area contributed by atoms with E-state index in [2.05, 4.69) is 49.3 Å². The van der Waals surface area contributed by atoms with Crippen LogP contribution in [0.25, 0.3) is 0 Å².